The Morgan fingerprint density at radius 3 is 1.97 bits per heavy atom. The molecule has 0 spiro atoms. The van der Waals surface area contributed by atoms with E-state index in [4.69, 9.17) is 0 Å². The molecule has 1 aliphatic rings. The van der Waals surface area contributed by atoms with Crippen LogP contribution in [0.2, 0.25) is 5.09 Å². The number of hydrogen-bond donors (Lipinski definition) is 0. The third kappa shape index (κ3) is 8.29. The van der Waals surface area contributed by atoms with Gasteiger partial charge in [0, 0.05) is 44.3 Å². The number of hydrogen-bond acceptors (Lipinski definition) is 3. The van der Waals surface area contributed by atoms with Crippen molar-refractivity contribution < 1.29 is 4.79 Å². The number of nitrogens with zero attached hydrogens (tertiary/aromatic N) is 2. The summed E-state index contributed by atoms with van der Waals surface area (Å²) in [5.41, 5.74) is 4.71. The molecule has 0 amide bonds. The first-order valence-corrected chi connectivity index (χ1v) is 12.3. The molecule has 168 valence electrons. The van der Waals surface area contributed by atoms with E-state index in [-0.39, 0.29) is 0 Å². The molecule has 3 aromatic carbocycles. The predicted molar refractivity (Wildman–Crippen MR) is 139 cm³/mol. The van der Waals surface area contributed by atoms with E-state index in [1.54, 1.807) is 0 Å². The Balaban J connectivity index is 0.000000555. The van der Waals surface area contributed by atoms with Crippen molar-refractivity contribution in [3.63, 3.8) is 0 Å². The average Bonchev–Trinajstić information content (AvgIpc) is 2.87. The summed E-state index contributed by atoms with van der Waals surface area (Å²) in [6.07, 6.45) is 3.64. The van der Waals surface area contributed by atoms with Gasteiger partial charge in [0.1, 0.15) is 6.29 Å². The zero-order chi connectivity index (χ0) is 23.3. The summed E-state index contributed by atoms with van der Waals surface area (Å²) >= 11 is 2.21. The molecule has 0 unspecified atom stereocenters. The van der Waals surface area contributed by atoms with Crippen LogP contribution in [-0.2, 0) is 13.1 Å². The third-order valence-corrected chi connectivity index (χ3v) is 6.22. The Hall–Kier alpha value is -2.15. The Morgan fingerprint density at radius 1 is 0.848 bits per heavy atom. The quantitative estimate of drug-likeness (QED) is 0.324. The molecule has 0 N–H and O–H groups in total. The van der Waals surface area contributed by atoms with E-state index in [0.717, 1.165) is 44.6 Å². The van der Waals surface area contributed by atoms with Crippen molar-refractivity contribution in [1.82, 2.24) is 9.80 Å². The van der Waals surface area contributed by atoms with Crippen LogP contribution in [0, 0.1) is 0 Å². The van der Waals surface area contributed by atoms with Crippen LogP contribution in [0.25, 0.3) is 0 Å². The van der Waals surface area contributed by atoms with Crippen LogP contribution >= 0.6 is 0 Å². The summed E-state index contributed by atoms with van der Waals surface area (Å²) in [6, 6.07) is 29.8. The molecule has 4 rings (SSSR count). The van der Waals surface area contributed by atoms with E-state index in [2.05, 4.69) is 107 Å². The Bertz CT molecular complexity index is 929. The van der Waals surface area contributed by atoms with Gasteiger partial charge in [-0.1, -0.05) is 84.9 Å². The fourth-order valence-electron chi connectivity index (χ4n) is 4.34. The first-order valence-electron chi connectivity index (χ1n) is 12.3. The zero-order valence-electron chi connectivity index (χ0n) is 20.2. The van der Waals surface area contributed by atoms with Crippen molar-refractivity contribution >= 4 is 24.0 Å². The summed E-state index contributed by atoms with van der Waals surface area (Å²) in [5, 5.41) is 1.34. The van der Waals surface area contributed by atoms with Crippen molar-refractivity contribution in [3.8, 4) is 0 Å². The molecule has 0 radical (unpaired) electrons. The second kappa shape index (κ2) is 14.2. The van der Waals surface area contributed by atoms with Crippen LogP contribution < -0.4 is 0 Å². The zero-order valence-corrected chi connectivity index (χ0v) is 20.2. The van der Waals surface area contributed by atoms with Crippen LogP contribution in [0.4, 0.5) is 0 Å². The number of benzene rings is 3. The minimum absolute atomic E-state index is 0.318. The minimum atomic E-state index is 0.318. The molecule has 33 heavy (non-hydrogen) atoms. The standard InChI is InChI=1S/C25H26N2O.C4H9.Li/c28-20-23-11-13-24(14-12-23)25-19-26(17-21-7-3-1-4-8-21)15-16-27(25)18-22-9-5-2-6-10-22;1-3-4-2;/h1-14,20,25H,15-19H2;1,3-4H2,2H3;/t25-;;/m1../s1. The van der Waals surface area contributed by atoms with Gasteiger partial charge in [-0.25, -0.2) is 0 Å². The summed E-state index contributed by atoms with van der Waals surface area (Å²) < 4.78 is 0. The van der Waals surface area contributed by atoms with Gasteiger partial charge < -0.3 is 0 Å². The molecule has 1 fully saturated rings. The first kappa shape index (κ1) is 25.5. The fourth-order valence-corrected chi connectivity index (χ4v) is 4.34. The fraction of sp³-hybridized carbons (Fsp3) is 0.345. The molecule has 0 aromatic heterocycles. The molecule has 1 aliphatic heterocycles. The molecular formula is C29H35LiN2O. The van der Waals surface area contributed by atoms with Crippen molar-refractivity contribution in [2.75, 3.05) is 19.6 Å². The number of rotatable bonds is 8. The van der Waals surface area contributed by atoms with Gasteiger partial charge in [0.15, 0.2) is 0 Å². The number of carbonyl (C=O) groups excluding carboxylic acids is 1. The molecule has 0 aliphatic carbocycles. The monoisotopic (exact) mass is 434 g/mol. The van der Waals surface area contributed by atoms with Crippen LogP contribution in [-0.4, -0.2) is 53.4 Å². The normalized spacial score (nSPS) is 16.6. The Kier molecular flexibility index (Phi) is 10.9. The number of aldehydes is 1. The number of piperazine rings is 1. The Morgan fingerprint density at radius 2 is 1.45 bits per heavy atom. The van der Waals surface area contributed by atoms with E-state index in [1.807, 2.05) is 12.1 Å². The van der Waals surface area contributed by atoms with Crippen LogP contribution in [0.15, 0.2) is 84.9 Å². The molecule has 4 heteroatoms. The SMILES string of the molecule is O=Cc1ccc([C@H]2CN(Cc3ccccc3)CCN2Cc2ccccc2)cc1.[Li][CH2]CCC. The number of carbonyl (C=O) groups is 1. The van der Waals surface area contributed by atoms with E-state index in [9.17, 15) is 4.79 Å². The first-order chi connectivity index (χ1) is 16.2. The molecule has 1 atom stereocenters. The van der Waals surface area contributed by atoms with Gasteiger partial charge in [-0.15, -0.1) is 0 Å². The predicted octanol–water partition coefficient (Wildman–Crippen LogP) is 5.93. The topological polar surface area (TPSA) is 23.6 Å². The second-order valence-electron chi connectivity index (χ2n) is 8.83. The van der Waals surface area contributed by atoms with E-state index in [1.165, 1.54) is 34.6 Å². The number of unbranched alkanes of at least 4 members (excludes halogenated alkanes) is 1. The summed E-state index contributed by atoms with van der Waals surface area (Å²) in [4.78, 5) is 16.1. The maximum absolute atomic E-state index is 11.0. The molecular weight excluding hydrogens is 399 g/mol. The van der Waals surface area contributed by atoms with Gasteiger partial charge >= 0.3 is 42.6 Å². The van der Waals surface area contributed by atoms with Gasteiger partial charge in [-0.05, 0) is 16.7 Å². The Labute approximate surface area is 209 Å². The van der Waals surface area contributed by atoms with Crippen molar-refractivity contribution in [2.24, 2.45) is 0 Å². The summed E-state index contributed by atoms with van der Waals surface area (Å²) in [6.45, 7) is 7.21. The molecule has 1 heterocycles. The van der Waals surface area contributed by atoms with Crippen LogP contribution in [0.1, 0.15) is 52.9 Å². The molecule has 3 nitrogen and oxygen atoms in total. The van der Waals surface area contributed by atoms with Gasteiger partial charge in [0.05, 0.1) is 0 Å². The van der Waals surface area contributed by atoms with Crippen molar-refractivity contribution in [3.05, 3.63) is 107 Å². The van der Waals surface area contributed by atoms with Crippen molar-refractivity contribution in [2.45, 2.75) is 44.0 Å². The molecule has 0 saturated carbocycles. The average molecular weight is 435 g/mol. The second-order valence-corrected chi connectivity index (χ2v) is 8.83. The van der Waals surface area contributed by atoms with E-state index < -0.39 is 0 Å². The molecule has 1 saturated heterocycles. The van der Waals surface area contributed by atoms with E-state index >= 15 is 0 Å². The van der Waals surface area contributed by atoms with E-state index in [0.29, 0.717) is 6.04 Å². The summed E-state index contributed by atoms with van der Waals surface area (Å²) in [7, 11) is 0. The van der Waals surface area contributed by atoms with Crippen LogP contribution in [0.5, 0.6) is 0 Å². The van der Waals surface area contributed by atoms with Crippen LogP contribution in [0.3, 0.4) is 0 Å². The van der Waals surface area contributed by atoms with Crippen molar-refractivity contribution in [1.29, 1.82) is 0 Å². The van der Waals surface area contributed by atoms with Gasteiger partial charge in [0.25, 0.3) is 0 Å². The summed E-state index contributed by atoms with van der Waals surface area (Å²) in [5.74, 6) is 0. The van der Waals surface area contributed by atoms with Gasteiger partial charge in [-0.3, -0.25) is 14.6 Å². The molecule has 0 bridgehead atoms. The van der Waals surface area contributed by atoms with Gasteiger partial charge in [-0.2, -0.15) is 0 Å². The molecule has 3 aromatic rings. The third-order valence-electron chi connectivity index (χ3n) is 6.22. The maximum atomic E-state index is 11.0. The van der Waals surface area contributed by atoms with Gasteiger partial charge in [0.2, 0.25) is 0 Å².